The summed E-state index contributed by atoms with van der Waals surface area (Å²) < 4.78 is 5.40. The molecule has 0 aromatic carbocycles. The molecule has 0 bridgehead atoms. The van der Waals surface area contributed by atoms with Crippen LogP contribution in [0.25, 0.3) is 0 Å². The van der Waals surface area contributed by atoms with Gasteiger partial charge in [0.05, 0.1) is 6.42 Å². The monoisotopic (exact) mass is 460 g/mol. The number of carbonyl (C=O) groups excluding carboxylic acids is 2. The first-order valence-electron chi connectivity index (χ1n) is 7.79. The van der Waals surface area contributed by atoms with Gasteiger partial charge in [-0.1, -0.05) is 22.0 Å². The number of amides is 2. The van der Waals surface area contributed by atoms with Crippen LogP contribution in [0.5, 0.6) is 0 Å². The standard InChI is InChI=1S/C16H17BrN2O5S2/c1-24-16(18-11(20)7-10-3-2-6-25-10)14(23)19-12(13(21)22)9(4-5-17)8-26-15(16)19/h2-3,6,8,12,15H,4-5,7H2,1H3,(H,18,20)(H,21,22)/t12?,15-,16?/m0/s1. The third kappa shape index (κ3) is 3.19. The summed E-state index contributed by atoms with van der Waals surface area (Å²) in [6, 6.07) is 2.65. The van der Waals surface area contributed by atoms with Crippen molar-refractivity contribution in [3.8, 4) is 0 Å². The van der Waals surface area contributed by atoms with E-state index in [0.29, 0.717) is 17.3 Å². The van der Waals surface area contributed by atoms with Gasteiger partial charge in [0, 0.05) is 17.3 Å². The van der Waals surface area contributed by atoms with Gasteiger partial charge in [-0.2, -0.15) is 0 Å². The van der Waals surface area contributed by atoms with Crippen LogP contribution in [0.4, 0.5) is 0 Å². The molecule has 1 aromatic rings. The zero-order valence-electron chi connectivity index (χ0n) is 13.8. The molecule has 0 radical (unpaired) electrons. The Bertz CT molecular complexity index is 754. The minimum absolute atomic E-state index is 0.139. The summed E-state index contributed by atoms with van der Waals surface area (Å²) in [6.45, 7) is 0. The summed E-state index contributed by atoms with van der Waals surface area (Å²) in [5, 5.41) is 15.9. The Kier molecular flexibility index (Phi) is 5.75. The number of rotatable bonds is 7. The molecular formula is C16H17BrN2O5S2. The van der Waals surface area contributed by atoms with E-state index in [9.17, 15) is 19.5 Å². The Labute approximate surface area is 166 Å². The van der Waals surface area contributed by atoms with Crippen molar-refractivity contribution in [2.24, 2.45) is 0 Å². The SMILES string of the molecule is COC1(NC(=O)Cc2cccs2)C(=O)N2C(C(=O)O)C(CCBr)=CS[C@H]21. The number of ether oxygens (including phenoxy) is 1. The fraction of sp³-hybridized carbons (Fsp3) is 0.438. The van der Waals surface area contributed by atoms with Crippen LogP contribution in [0.3, 0.4) is 0 Å². The second kappa shape index (κ2) is 7.71. The average Bonchev–Trinajstić information content (AvgIpc) is 3.11. The number of β-lactam (4-membered cyclic amide) rings is 1. The predicted molar refractivity (Wildman–Crippen MR) is 102 cm³/mol. The van der Waals surface area contributed by atoms with Crippen LogP contribution in [0.15, 0.2) is 28.5 Å². The molecule has 2 amide bonds. The number of carbonyl (C=O) groups is 3. The van der Waals surface area contributed by atoms with Crippen molar-refractivity contribution in [1.29, 1.82) is 0 Å². The smallest absolute Gasteiger partial charge is 0.330 e. The van der Waals surface area contributed by atoms with Gasteiger partial charge >= 0.3 is 5.97 Å². The zero-order valence-corrected chi connectivity index (χ0v) is 17.0. The summed E-state index contributed by atoms with van der Waals surface area (Å²) in [5.41, 5.74) is -0.887. The number of nitrogens with one attached hydrogen (secondary N) is 1. The van der Waals surface area contributed by atoms with Crippen LogP contribution in [-0.4, -0.2) is 57.4 Å². The number of nitrogens with zero attached hydrogens (tertiary/aromatic N) is 1. The molecule has 2 unspecified atom stereocenters. The van der Waals surface area contributed by atoms with Gasteiger partial charge in [0.25, 0.3) is 11.6 Å². The molecule has 0 spiro atoms. The number of alkyl halides is 1. The van der Waals surface area contributed by atoms with E-state index in [1.807, 2.05) is 17.5 Å². The number of fused-ring (bicyclic) bond motifs is 1. The van der Waals surface area contributed by atoms with E-state index in [1.54, 1.807) is 5.41 Å². The van der Waals surface area contributed by atoms with Gasteiger partial charge in [-0.05, 0) is 28.8 Å². The third-order valence-electron chi connectivity index (χ3n) is 4.31. The summed E-state index contributed by atoms with van der Waals surface area (Å²) in [5.74, 6) is -1.97. The molecule has 2 N–H and O–H groups in total. The van der Waals surface area contributed by atoms with Crippen molar-refractivity contribution < 1.29 is 24.2 Å². The largest absolute Gasteiger partial charge is 0.479 e. The minimum Gasteiger partial charge on any atom is -0.479 e. The number of aliphatic carboxylic acids is 1. The molecular weight excluding hydrogens is 444 g/mol. The Balaban J connectivity index is 1.81. The number of hydrogen-bond donors (Lipinski definition) is 2. The van der Waals surface area contributed by atoms with Gasteiger partial charge in [-0.25, -0.2) is 4.79 Å². The van der Waals surface area contributed by atoms with Crippen molar-refractivity contribution in [2.75, 3.05) is 12.4 Å². The van der Waals surface area contributed by atoms with E-state index in [4.69, 9.17) is 4.74 Å². The molecule has 2 aliphatic rings. The maximum absolute atomic E-state index is 12.8. The van der Waals surface area contributed by atoms with E-state index in [0.717, 1.165) is 4.88 Å². The van der Waals surface area contributed by atoms with Crippen molar-refractivity contribution >= 4 is 56.8 Å². The van der Waals surface area contributed by atoms with Crippen LogP contribution in [0, 0.1) is 0 Å². The summed E-state index contributed by atoms with van der Waals surface area (Å²) >= 11 is 6.04. The molecule has 140 valence electrons. The van der Waals surface area contributed by atoms with E-state index in [2.05, 4.69) is 21.2 Å². The minimum atomic E-state index is -1.54. The Morgan fingerprint density at radius 3 is 2.85 bits per heavy atom. The molecule has 10 heteroatoms. The van der Waals surface area contributed by atoms with E-state index in [1.165, 1.54) is 35.1 Å². The zero-order chi connectivity index (χ0) is 18.9. The molecule has 3 rings (SSSR count). The maximum Gasteiger partial charge on any atom is 0.330 e. The third-order valence-corrected chi connectivity index (χ3v) is 6.84. The normalized spacial score (nSPS) is 27.4. The second-order valence-electron chi connectivity index (χ2n) is 5.82. The topological polar surface area (TPSA) is 95.9 Å². The fourth-order valence-electron chi connectivity index (χ4n) is 3.10. The number of thiophene rings is 1. The van der Waals surface area contributed by atoms with E-state index >= 15 is 0 Å². The highest BCUT2D eigenvalue weighted by Gasteiger charge is 2.67. The van der Waals surface area contributed by atoms with Crippen LogP contribution in [0.1, 0.15) is 11.3 Å². The van der Waals surface area contributed by atoms with Gasteiger partial charge in [0.15, 0.2) is 6.04 Å². The Hall–Kier alpha value is -1.36. The van der Waals surface area contributed by atoms with Crippen molar-refractivity contribution in [3.05, 3.63) is 33.4 Å². The molecule has 0 saturated carbocycles. The lowest BCUT2D eigenvalue weighted by Crippen LogP contribution is -2.83. The Morgan fingerprint density at radius 1 is 1.50 bits per heavy atom. The highest BCUT2D eigenvalue weighted by Crippen LogP contribution is 2.46. The first-order chi connectivity index (χ1) is 12.4. The number of methoxy groups -OCH3 is 1. The average molecular weight is 461 g/mol. The van der Waals surface area contributed by atoms with Gasteiger partial charge in [0.1, 0.15) is 5.37 Å². The number of hydrogen-bond acceptors (Lipinski definition) is 6. The van der Waals surface area contributed by atoms with Crippen LogP contribution in [0.2, 0.25) is 0 Å². The van der Waals surface area contributed by atoms with Gasteiger partial charge in [-0.3, -0.25) is 9.59 Å². The van der Waals surface area contributed by atoms with Crippen LogP contribution < -0.4 is 5.32 Å². The lowest BCUT2D eigenvalue weighted by molar-refractivity contribution is -0.201. The summed E-state index contributed by atoms with van der Waals surface area (Å²) in [4.78, 5) is 39.1. The molecule has 3 atom stereocenters. The number of halogens is 1. The van der Waals surface area contributed by atoms with Gasteiger partial charge in [0.2, 0.25) is 5.91 Å². The van der Waals surface area contributed by atoms with Crippen molar-refractivity contribution in [3.63, 3.8) is 0 Å². The molecule has 2 aliphatic heterocycles. The van der Waals surface area contributed by atoms with Crippen molar-refractivity contribution in [1.82, 2.24) is 10.2 Å². The number of thioether (sulfide) groups is 1. The van der Waals surface area contributed by atoms with Crippen LogP contribution >= 0.6 is 39.0 Å². The highest BCUT2D eigenvalue weighted by atomic mass is 79.9. The number of carboxylic acid groups (broad SMARTS) is 1. The predicted octanol–water partition coefficient (Wildman–Crippen LogP) is 1.79. The molecule has 26 heavy (non-hydrogen) atoms. The molecule has 0 aliphatic carbocycles. The lowest BCUT2D eigenvalue weighted by Gasteiger charge is -2.57. The molecule has 1 saturated heterocycles. The summed E-state index contributed by atoms with van der Waals surface area (Å²) in [6.07, 6.45) is 0.658. The first-order valence-corrected chi connectivity index (χ1v) is 10.7. The highest BCUT2D eigenvalue weighted by molar-refractivity contribution is 9.09. The summed E-state index contributed by atoms with van der Waals surface area (Å²) in [7, 11) is 1.34. The molecule has 1 aromatic heterocycles. The molecule has 1 fully saturated rings. The molecule has 7 nitrogen and oxygen atoms in total. The van der Waals surface area contributed by atoms with Crippen molar-refractivity contribution in [2.45, 2.75) is 30.0 Å². The first kappa shape index (κ1) is 19.4. The second-order valence-corrected chi connectivity index (χ2v) is 8.60. The van der Waals surface area contributed by atoms with Gasteiger partial charge < -0.3 is 20.1 Å². The fourth-order valence-corrected chi connectivity index (χ4v) is 5.61. The van der Waals surface area contributed by atoms with E-state index < -0.39 is 29.0 Å². The van der Waals surface area contributed by atoms with E-state index in [-0.39, 0.29) is 12.3 Å². The lowest BCUT2D eigenvalue weighted by atomic mass is 9.93. The quantitative estimate of drug-likeness (QED) is 0.365. The Morgan fingerprint density at radius 2 is 2.27 bits per heavy atom. The van der Waals surface area contributed by atoms with Gasteiger partial charge in [-0.15, -0.1) is 23.1 Å². The maximum atomic E-state index is 12.8. The molecule has 3 heterocycles. The number of carboxylic acids is 1. The van der Waals surface area contributed by atoms with Crippen LogP contribution in [-0.2, 0) is 25.5 Å².